The number of hydrogen-bond donors (Lipinski definition) is 0. The van der Waals surface area contributed by atoms with Crippen molar-refractivity contribution in [3.8, 4) is 0 Å². The number of benzene rings is 1. The maximum absolute atomic E-state index is 2.59. The second kappa shape index (κ2) is 7.39. The number of rotatable bonds is 8. The summed E-state index contributed by atoms with van der Waals surface area (Å²) < 4.78 is 5.97. The molecular weight excluding hydrogens is 391 g/mol. The molecule has 0 bridgehead atoms. The topological polar surface area (TPSA) is 0 Å². The molecule has 0 radical (unpaired) electrons. The molecule has 138 valence electrons. The van der Waals surface area contributed by atoms with Crippen molar-refractivity contribution < 1.29 is 20.3 Å². The summed E-state index contributed by atoms with van der Waals surface area (Å²) in [7, 11) is 0. The van der Waals surface area contributed by atoms with Gasteiger partial charge in [0.1, 0.15) is 0 Å². The van der Waals surface area contributed by atoms with E-state index in [2.05, 4.69) is 75.4 Å². The number of fused-ring (bicyclic) bond motifs is 1. The van der Waals surface area contributed by atoms with Gasteiger partial charge in [0, 0.05) is 0 Å². The molecule has 1 aliphatic heterocycles. The molecule has 2 aliphatic carbocycles. The summed E-state index contributed by atoms with van der Waals surface area (Å²) in [5.41, 5.74) is 5.16. The summed E-state index contributed by atoms with van der Waals surface area (Å²) in [6.07, 6.45) is 17.5. The van der Waals surface area contributed by atoms with Crippen LogP contribution < -0.4 is 0 Å². The Morgan fingerprint density at radius 3 is 2.65 bits per heavy atom. The molecule has 4 unspecified atom stereocenters. The summed E-state index contributed by atoms with van der Waals surface area (Å²) in [4.78, 5) is 0. The van der Waals surface area contributed by atoms with Gasteiger partial charge in [-0.1, -0.05) is 0 Å². The molecule has 0 saturated carbocycles. The molecule has 0 spiro atoms. The predicted octanol–water partition coefficient (Wildman–Crippen LogP) is 8.11. The summed E-state index contributed by atoms with van der Waals surface area (Å²) >= 11 is -1.95. The third-order valence-corrected chi connectivity index (χ3v) is 22.2. The van der Waals surface area contributed by atoms with Crippen molar-refractivity contribution in [1.82, 2.24) is 0 Å². The molecule has 0 nitrogen and oxygen atoms in total. The van der Waals surface area contributed by atoms with Gasteiger partial charge in [-0.2, -0.15) is 0 Å². The maximum atomic E-state index is 2.59. The Hall–Kier alpha value is -0.677. The fourth-order valence-corrected chi connectivity index (χ4v) is 23.6. The normalized spacial score (nSPS) is 31.0. The van der Waals surface area contributed by atoms with Crippen molar-refractivity contribution in [3.05, 3.63) is 65.3 Å². The van der Waals surface area contributed by atoms with E-state index in [1.165, 1.54) is 31.2 Å². The zero-order valence-corrected chi connectivity index (χ0v) is 19.3. The molecule has 0 N–H and O–H groups in total. The second-order valence-electron chi connectivity index (χ2n) is 9.05. The van der Waals surface area contributed by atoms with Crippen LogP contribution in [0.25, 0.3) is 6.08 Å². The van der Waals surface area contributed by atoms with Gasteiger partial charge in [0.15, 0.2) is 0 Å². The molecule has 1 aromatic carbocycles. The molecule has 0 amide bonds. The van der Waals surface area contributed by atoms with Gasteiger partial charge in [-0.3, -0.25) is 0 Å². The van der Waals surface area contributed by atoms with Crippen molar-refractivity contribution in [1.29, 1.82) is 0 Å². The Balaban J connectivity index is 1.73. The molecule has 1 heteroatoms. The third kappa shape index (κ3) is 3.09. The van der Waals surface area contributed by atoms with Crippen molar-refractivity contribution >= 4 is 6.08 Å². The van der Waals surface area contributed by atoms with Crippen LogP contribution in [0.1, 0.15) is 63.5 Å². The zero-order valence-electron chi connectivity index (χ0n) is 16.8. The van der Waals surface area contributed by atoms with E-state index in [1.807, 2.05) is 0 Å². The van der Waals surface area contributed by atoms with E-state index in [0.717, 1.165) is 3.63 Å². The van der Waals surface area contributed by atoms with Gasteiger partial charge in [-0.15, -0.1) is 0 Å². The fourth-order valence-electron chi connectivity index (χ4n) is 5.93. The Kier molecular flexibility index (Phi) is 5.31. The Bertz CT molecular complexity index is 755. The average Bonchev–Trinajstić information content (AvgIpc) is 3.11. The van der Waals surface area contributed by atoms with Crippen LogP contribution in [0, 0.1) is 5.41 Å². The van der Waals surface area contributed by atoms with Gasteiger partial charge < -0.3 is 0 Å². The molecule has 0 aromatic heterocycles. The first-order valence-electron chi connectivity index (χ1n) is 10.8. The van der Waals surface area contributed by atoms with E-state index in [4.69, 9.17) is 0 Å². The van der Waals surface area contributed by atoms with Crippen molar-refractivity contribution in [2.24, 2.45) is 5.41 Å². The first-order valence-corrected chi connectivity index (χ1v) is 17.4. The van der Waals surface area contributed by atoms with E-state index in [0.29, 0.717) is 11.3 Å². The van der Waals surface area contributed by atoms with E-state index in [-0.39, 0.29) is 0 Å². The van der Waals surface area contributed by atoms with E-state index in [9.17, 15) is 0 Å². The summed E-state index contributed by atoms with van der Waals surface area (Å²) in [6.45, 7) is 7.44. The molecule has 1 fully saturated rings. The zero-order chi connectivity index (χ0) is 18.2. The van der Waals surface area contributed by atoms with Crippen LogP contribution in [0.4, 0.5) is 0 Å². The van der Waals surface area contributed by atoms with Gasteiger partial charge in [0.2, 0.25) is 0 Å². The predicted molar refractivity (Wildman–Crippen MR) is 112 cm³/mol. The second-order valence-corrected chi connectivity index (χ2v) is 21.3. The van der Waals surface area contributed by atoms with Gasteiger partial charge >= 0.3 is 165 Å². The minimum atomic E-state index is -1.95. The van der Waals surface area contributed by atoms with Gasteiger partial charge in [-0.05, 0) is 0 Å². The van der Waals surface area contributed by atoms with Gasteiger partial charge in [0.05, 0.1) is 0 Å². The van der Waals surface area contributed by atoms with Crippen LogP contribution in [-0.2, 0) is 20.3 Å². The SMILES string of the molecule is CCC[CH2][Zr]1([CH2]C(CC)(C2=CC=CC2)C2C=Cc3ccccc32)[CH2][CH]1C. The van der Waals surface area contributed by atoms with E-state index < -0.39 is 20.3 Å². The molecule has 3 aliphatic rings. The first-order chi connectivity index (χ1) is 12.6. The van der Waals surface area contributed by atoms with E-state index >= 15 is 0 Å². The molecule has 1 saturated heterocycles. The number of unbranched alkanes of at least 4 members (excludes halogenated alkanes) is 1. The summed E-state index contributed by atoms with van der Waals surface area (Å²) in [5, 5.41) is 0. The molecule has 4 atom stereocenters. The Morgan fingerprint density at radius 1 is 1.19 bits per heavy atom. The van der Waals surface area contributed by atoms with Crippen LogP contribution in [0.2, 0.25) is 16.0 Å². The van der Waals surface area contributed by atoms with Gasteiger partial charge in [-0.25, -0.2) is 0 Å². The molecule has 26 heavy (non-hydrogen) atoms. The monoisotopic (exact) mass is 424 g/mol. The number of allylic oxidation sites excluding steroid dienone is 5. The molecule has 1 aromatic rings. The standard InChI is InChI=1S/C18H19.C4H9.C3H6.Zr/c1-3-18(2,15-9-5-6-10-15)17-13-12-14-8-4-7-11-16(14)17;1-3-4-2;1-3-2;/h4-9,11-13,17H,2-3,10H2,1H3;1,3-4H2,2H3;3H,1H2,2H3;. The first kappa shape index (κ1) is 18.7. The number of hydrogen-bond acceptors (Lipinski definition) is 0. The van der Waals surface area contributed by atoms with Crippen LogP contribution in [0.15, 0.2) is 54.1 Å². The van der Waals surface area contributed by atoms with Crippen LogP contribution in [0.5, 0.6) is 0 Å². The summed E-state index contributed by atoms with van der Waals surface area (Å²) in [5.74, 6) is 0.595. The van der Waals surface area contributed by atoms with Gasteiger partial charge in [0.25, 0.3) is 0 Å². The van der Waals surface area contributed by atoms with E-state index in [1.54, 1.807) is 23.5 Å². The van der Waals surface area contributed by atoms with Crippen molar-refractivity contribution in [2.45, 2.75) is 68.4 Å². The minimum absolute atomic E-state index is 0.376. The molecular formula is C25H34Zr. The fraction of sp³-hybridized carbons (Fsp3) is 0.520. The van der Waals surface area contributed by atoms with Crippen molar-refractivity contribution in [3.63, 3.8) is 0 Å². The van der Waals surface area contributed by atoms with Crippen LogP contribution in [0.3, 0.4) is 0 Å². The quantitative estimate of drug-likeness (QED) is 0.394. The molecule has 1 heterocycles. The molecule has 4 rings (SSSR count). The van der Waals surface area contributed by atoms with Crippen LogP contribution in [-0.4, -0.2) is 0 Å². The Labute approximate surface area is 164 Å². The average molecular weight is 426 g/mol. The van der Waals surface area contributed by atoms with Crippen molar-refractivity contribution in [2.75, 3.05) is 0 Å². The van der Waals surface area contributed by atoms with Crippen LogP contribution >= 0.6 is 0 Å². The summed E-state index contributed by atoms with van der Waals surface area (Å²) in [6, 6.07) is 9.15. The Morgan fingerprint density at radius 2 is 2.00 bits per heavy atom. The third-order valence-electron chi connectivity index (χ3n) is 7.73.